The zero-order valence-corrected chi connectivity index (χ0v) is 10.9. The lowest BCUT2D eigenvalue weighted by Gasteiger charge is -2.16. The van der Waals surface area contributed by atoms with Gasteiger partial charge in [-0.1, -0.05) is 18.2 Å². The maximum atomic E-state index is 12.6. The van der Waals surface area contributed by atoms with E-state index in [0.29, 0.717) is 12.3 Å². The molecule has 0 radical (unpaired) electrons. The first-order chi connectivity index (χ1) is 9.95. The van der Waals surface area contributed by atoms with Crippen LogP contribution in [0.3, 0.4) is 0 Å². The van der Waals surface area contributed by atoms with Crippen LogP contribution in [0.5, 0.6) is 5.75 Å². The molecular formula is C15H13F3N2O. The molecule has 2 aromatic carbocycles. The van der Waals surface area contributed by atoms with E-state index in [-0.39, 0.29) is 11.7 Å². The Morgan fingerprint density at radius 1 is 1.14 bits per heavy atom. The molecule has 0 amide bonds. The van der Waals surface area contributed by atoms with Crippen LogP contribution >= 0.6 is 0 Å². The minimum Gasteiger partial charge on any atom is -0.491 e. The van der Waals surface area contributed by atoms with Gasteiger partial charge in [0.25, 0.3) is 0 Å². The number of fused-ring (bicyclic) bond motifs is 1. The molecule has 0 aromatic heterocycles. The third-order valence-corrected chi connectivity index (χ3v) is 3.41. The fourth-order valence-corrected chi connectivity index (χ4v) is 2.34. The number of rotatable bonds is 2. The Hall–Kier alpha value is -2.37. The average Bonchev–Trinajstić information content (AvgIpc) is 2.83. The fourth-order valence-electron chi connectivity index (χ4n) is 2.34. The predicted octanol–water partition coefficient (Wildman–Crippen LogP) is 3.83. The van der Waals surface area contributed by atoms with Crippen LogP contribution in [0.4, 0.5) is 24.5 Å². The van der Waals surface area contributed by atoms with Crippen LogP contribution in [-0.2, 0) is 6.18 Å². The molecule has 0 bridgehead atoms. The number of alkyl halides is 3. The van der Waals surface area contributed by atoms with Crippen LogP contribution in [0.25, 0.3) is 0 Å². The molecule has 3 rings (SSSR count). The summed E-state index contributed by atoms with van der Waals surface area (Å²) in [6, 6.07) is 10.7. The van der Waals surface area contributed by atoms with Gasteiger partial charge in [0.15, 0.2) is 0 Å². The summed E-state index contributed by atoms with van der Waals surface area (Å²) in [6.45, 7) is 0.416. The molecule has 6 heteroatoms. The molecule has 3 nitrogen and oxygen atoms in total. The summed E-state index contributed by atoms with van der Waals surface area (Å²) in [4.78, 5) is 0. The Labute approximate surface area is 119 Å². The number of anilines is 2. The number of para-hydroxylation sites is 1. The number of nitrogens with two attached hydrogens (primary N) is 1. The molecule has 1 atom stereocenters. The second-order valence-corrected chi connectivity index (χ2v) is 4.85. The smallest absolute Gasteiger partial charge is 0.416 e. The lowest BCUT2D eigenvalue weighted by Crippen LogP contribution is -2.14. The summed E-state index contributed by atoms with van der Waals surface area (Å²) < 4.78 is 43.3. The van der Waals surface area contributed by atoms with Gasteiger partial charge in [-0.15, -0.1) is 0 Å². The summed E-state index contributed by atoms with van der Waals surface area (Å²) in [6.07, 6.45) is -4.39. The van der Waals surface area contributed by atoms with E-state index in [4.69, 9.17) is 10.5 Å². The van der Waals surface area contributed by atoms with Gasteiger partial charge >= 0.3 is 6.18 Å². The van der Waals surface area contributed by atoms with Crippen molar-refractivity contribution in [3.8, 4) is 5.75 Å². The average molecular weight is 294 g/mol. The van der Waals surface area contributed by atoms with Gasteiger partial charge in [-0.25, -0.2) is 0 Å². The van der Waals surface area contributed by atoms with Gasteiger partial charge in [0.1, 0.15) is 12.4 Å². The highest BCUT2D eigenvalue weighted by Gasteiger charge is 2.31. The molecular weight excluding hydrogens is 281 g/mol. The Bertz CT molecular complexity index is 670. The van der Waals surface area contributed by atoms with E-state index in [9.17, 15) is 13.2 Å². The van der Waals surface area contributed by atoms with E-state index < -0.39 is 11.7 Å². The van der Waals surface area contributed by atoms with Crippen molar-refractivity contribution in [2.45, 2.75) is 12.2 Å². The normalized spacial score (nSPS) is 17.2. The summed E-state index contributed by atoms with van der Waals surface area (Å²) in [5, 5.41) is 3.13. The van der Waals surface area contributed by atoms with Gasteiger partial charge < -0.3 is 15.8 Å². The first-order valence-corrected chi connectivity index (χ1v) is 6.40. The Morgan fingerprint density at radius 2 is 1.90 bits per heavy atom. The molecule has 0 aliphatic carbocycles. The first kappa shape index (κ1) is 13.6. The summed E-state index contributed by atoms with van der Waals surface area (Å²) >= 11 is 0. The van der Waals surface area contributed by atoms with Crippen molar-refractivity contribution in [1.82, 2.24) is 0 Å². The summed E-state index contributed by atoms with van der Waals surface area (Å²) in [7, 11) is 0. The SMILES string of the molecule is Nc1cc(C(F)(F)F)ccc1NC1COc2ccccc21. The number of hydrogen-bond acceptors (Lipinski definition) is 3. The monoisotopic (exact) mass is 294 g/mol. The van der Waals surface area contributed by atoms with Gasteiger partial charge in [-0.2, -0.15) is 13.2 Å². The maximum absolute atomic E-state index is 12.6. The second kappa shape index (κ2) is 4.87. The Kier molecular flexibility index (Phi) is 3.16. The minimum absolute atomic E-state index is 0.0641. The largest absolute Gasteiger partial charge is 0.491 e. The standard InChI is InChI=1S/C15H13F3N2O/c16-15(17,18)9-5-6-12(11(19)7-9)20-13-8-21-14-4-2-1-3-10(13)14/h1-7,13,20H,8,19H2. The third-order valence-electron chi connectivity index (χ3n) is 3.41. The van der Waals surface area contributed by atoms with Crippen molar-refractivity contribution in [1.29, 1.82) is 0 Å². The lowest BCUT2D eigenvalue weighted by molar-refractivity contribution is -0.137. The maximum Gasteiger partial charge on any atom is 0.416 e. The van der Waals surface area contributed by atoms with E-state index in [1.54, 1.807) is 0 Å². The number of nitrogens with one attached hydrogen (secondary N) is 1. The van der Waals surface area contributed by atoms with Gasteiger partial charge in [0.05, 0.1) is 23.0 Å². The fraction of sp³-hybridized carbons (Fsp3) is 0.200. The second-order valence-electron chi connectivity index (χ2n) is 4.85. The van der Waals surface area contributed by atoms with E-state index in [1.807, 2.05) is 24.3 Å². The van der Waals surface area contributed by atoms with Gasteiger partial charge in [-0.3, -0.25) is 0 Å². The highest BCUT2D eigenvalue weighted by molar-refractivity contribution is 5.68. The predicted molar refractivity (Wildman–Crippen MR) is 74.2 cm³/mol. The van der Waals surface area contributed by atoms with Crippen molar-refractivity contribution < 1.29 is 17.9 Å². The highest BCUT2D eigenvalue weighted by Crippen LogP contribution is 2.37. The van der Waals surface area contributed by atoms with Crippen LogP contribution in [0.15, 0.2) is 42.5 Å². The number of hydrogen-bond donors (Lipinski definition) is 2. The summed E-state index contributed by atoms with van der Waals surface area (Å²) in [5.41, 5.74) is 6.46. The molecule has 0 spiro atoms. The molecule has 0 saturated carbocycles. The van der Waals surface area contributed by atoms with Crippen molar-refractivity contribution in [3.05, 3.63) is 53.6 Å². The Balaban J connectivity index is 1.84. The highest BCUT2D eigenvalue weighted by atomic mass is 19.4. The zero-order chi connectivity index (χ0) is 15.0. The molecule has 1 aliphatic rings. The van der Waals surface area contributed by atoms with Crippen molar-refractivity contribution >= 4 is 11.4 Å². The van der Waals surface area contributed by atoms with Crippen molar-refractivity contribution in [3.63, 3.8) is 0 Å². The van der Waals surface area contributed by atoms with Crippen LogP contribution in [-0.4, -0.2) is 6.61 Å². The van der Waals surface area contributed by atoms with Gasteiger partial charge in [0.2, 0.25) is 0 Å². The molecule has 21 heavy (non-hydrogen) atoms. The van der Waals surface area contributed by atoms with Crippen molar-refractivity contribution in [2.24, 2.45) is 0 Å². The molecule has 0 saturated heterocycles. The van der Waals surface area contributed by atoms with Crippen molar-refractivity contribution in [2.75, 3.05) is 17.7 Å². The molecule has 2 aromatic rings. The number of halogens is 3. The van der Waals surface area contributed by atoms with Crippen LogP contribution in [0.1, 0.15) is 17.2 Å². The summed E-state index contributed by atoms with van der Waals surface area (Å²) in [5.74, 6) is 0.778. The van der Waals surface area contributed by atoms with E-state index in [0.717, 1.165) is 23.4 Å². The Morgan fingerprint density at radius 3 is 2.62 bits per heavy atom. The molecule has 110 valence electrons. The number of benzene rings is 2. The van der Waals surface area contributed by atoms with Crippen LogP contribution in [0.2, 0.25) is 0 Å². The molecule has 3 N–H and O–H groups in total. The van der Waals surface area contributed by atoms with E-state index >= 15 is 0 Å². The van der Waals surface area contributed by atoms with Gasteiger partial charge in [0, 0.05) is 5.56 Å². The zero-order valence-electron chi connectivity index (χ0n) is 10.9. The molecule has 1 aliphatic heterocycles. The van der Waals surface area contributed by atoms with Gasteiger partial charge in [-0.05, 0) is 24.3 Å². The first-order valence-electron chi connectivity index (χ1n) is 6.40. The molecule has 0 fully saturated rings. The quantitative estimate of drug-likeness (QED) is 0.827. The van der Waals surface area contributed by atoms with E-state index in [2.05, 4.69) is 5.32 Å². The lowest BCUT2D eigenvalue weighted by atomic mass is 10.1. The van der Waals surface area contributed by atoms with Crippen LogP contribution in [0, 0.1) is 0 Å². The topological polar surface area (TPSA) is 47.3 Å². The van der Waals surface area contributed by atoms with E-state index in [1.165, 1.54) is 6.07 Å². The number of ether oxygens (including phenoxy) is 1. The van der Waals surface area contributed by atoms with Crippen LogP contribution < -0.4 is 15.8 Å². The molecule has 1 heterocycles. The third kappa shape index (κ3) is 2.61. The molecule has 1 unspecified atom stereocenters. The number of nitrogen functional groups attached to an aromatic ring is 1. The minimum atomic E-state index is -4.39.